The molecule has 1 aliphatic carbocycles. The lowest BCUT2D eigenvalue weighted by atomic mass is 9.90. The number of ether oxygens (including phenoxy) is 1. The lowest BCUT2D eigenvalue weighted by Crippen LogP contribution is -2.23. The number of rotatable bonds is 3. The highest BCUT2D eigenvalue weighted by Gasteiger charge is 2.18. The fourth-order valence-electron chi connectivity index (χ4n) is 2.62. The number of amides is 1. The van der Waals surface area contributed by atoms with Crippen LogP contribution < -0.4 is 10.2 Å². The molecule has 0 unspecified atom stereocenters. The Morgan fingerprint density at radius 3 is 2.82 bits per heavy atom. The average molecular weight is 295 g/mol. The van der Waals surface area contributed by atoms with E-state index in [9.17, 15) is 4.79 Å². The molecule has 1 aliphatic rings. The van der Waals surface area contributed by atoms with E-state index >= 15 is 0 Å². The summed E-state index contributed by atoms with van der Waals surface area (Å²) in [5.74, 6) is 0.712. The topological polar surface area (TPSA) is 63.6 Å². The maximum absolute atomic E-state index is 12.0. The lowest BCUT2D eigenvalue weighted by molar-refractivity contribution is 0.0954. The molecule has 1 aromatic carbocycles. The van der Waals surface area contributed by atoms with Crippen molar-refractivity contribution in [2.75, 3.05) is 7.11 Å². The van der Waals surface area contributed by atoms with Crippen LogP contribution in [0.5, 0.6) is 5.75 Å². The van der Waals surface area contributed by atoms with Gasteiger partial charge in [-0.25, -0.2) is 5.43 Å². The Bertz CT molecular complexity index is 711. The maximum atomic E-state index is 12.0. The number of aromatic nitrogens is 1. The number of nitrogens with one attached hydrogen (secondary N) is 1. The first kappa shape index (κ1) is 14.3. The summed E-state index contributed by atoms with van der Waals surface area (Å²) in [6, 6.07) is 9.37. The number of methoxy groups -OCH3 is 1. The van der Waals surface area contributed by atoms with Gasteiger partial charge < -0.3 is 4.74 Å². The largest absolute Gasteiger partial charge is 0.496 e. The molecule has 0 radical (unpaired) electrons. The molecule has 22 heavy (non-hydrogen) atoms. The Kier molecular flexibility index (Phi) is 4.14. The summed E-state index contributed by atoms with van der Waals surface area (Å²) in [6.45, 7) is 0. The van der Waals surface area contributed by atoms with Crippen molar-refractivity contribution < 1.29 is 9.53 Å². The van der Waals surface area contributed by atoms with Gasteiger partial charge in [-0.05, 0) is 42.2 Å². The predicted molar refractivity (Wildman–Crippen MR) is 84.2 cm³/mol. The fourth-order valence-corrected chi connectivity index (χ4v) is 2.62. The number of hydrogen-bond donors (Lipinski definition) is 1. The number of nitrogens with zero attached hydrogens (tertiary/aromatic N) is 2. The minimum absolute atomic E-state index is 0.216. The number of carbonyl (C=O) groups excluding carboxylic acids is 1. The van der Waals surface area contributed by atoms with Crippen LogP contribution in [0, 0.1) is 0 Å². The molecule has 0 spiro atoms. The van der Waals surface area contributed by atoms with Crippen molar-refractivity contribution in [3.05, 3.63) is 59.4 Å². The first-order chi connectivity index (χ1) is 10.8. The van der Waals surface area contributed by atoms with E-state index in [1.807, 2.05) is 12.1 Å². The van der Waals surface area contributed by atoms with Gasteiger partial charge in [-0.2, -0.15) is 5.10 Å². The third-order valence-electron chi connectivity index (χ3n) is 3.77. The van der Waals surface area contributed by atoms with E-state index < -0.39 is 0 Å². The summed E-state index contributed by atoms with van der Waals surface area (Å²) in [4.78, 5) is 15.9. The zero-order valence-corrected chi connectivity index (χ0v) is 12.4. The van der Waals surface area contributed by atoms with E-state index in [1.54, 1.807) is 31.6 Å². The number of carbonyl (C=O) groups is 1. The number of benzene rings is 1. The quantitative estimate of drug-likeness (QED) is 0.884. The third-order valence-corrected chi connectivity index (χ3v) is 3.77. The van der Waals surface area contributed by atoms with Crippen LogP contribution in [0.4, 0.5) is 0 Å². The molecule has 0 saturated heterocycles. The standard InChI is InChI=1S/C17H17N3O2/c1-22-16-4-2-3-13-11-14(5-6-15(13)16)19-20-17(21)12-7-9-18-10-8-12/h2-4,7-10H,5-6,11H2,1H3,(H,20,21)/b19-14-. The molecule has 0 saturated carbocycles. The highest BCUT2D eigenvalue weighted by Crippen LogP contribution is 2.28. The molecule has 1 heterocycles. The summed E-state index contributed by atoms with van der Waals surface area (Å²) < 4.78 is 5.39. The molecule has 0 bridgehead atoms. The smallest absolute Gasteiger partial charge is 0.271 e. The molecular formula is C17H17N3O2. The van der Waals surface area contributed by atoms with Crippen molar-refractivity contribution >= 4 is 11.6 Å². The molecule has 1 amide bonds. The molecule has 112 valence electrons. The van der Waals surface area contributed by atoms with Crippen LogP contribution in [-0.4, -0.2) is 23.7 Å². The molecular weight excluding hydrogens is 278 g/mol. The molecule has 0 fully saturated rings. The van der Waals surface area contributed by atoms with E-state index in [2.05, 4.69) is 21.6 Å². The highest BCUT2D eigenvalue weighted by atomic mass is 16.5. The van der Waals surface area contributed by atoms with Crippen LogP contribution in [0.3, 0.4) is 0 Å². The van der Waals surface area contributed by atoms with E-state index in [0.717, 1.165) is 30.7 Å². The van der Waals surface area contributed by atoms with Crippen molar-refractivity contribution in [3.8, 4) is 5.75 Å². The zero-order chi connectivity index (χ0) is 15.4. The van der Waals surface area contributed by atoms with Gasteiger partial charge in [-0.1, -0.05) is 12.1 Å². The number of fused-ring (bicyclic) bond motifs is 1. The van der Waals surface area contributed by atoms with Crippen LogP contribution in [0.2, 0.25) is 0 Å². The van der Waals surface area contributed by atoms with Gasteiger partial charge in [0.1, 0.15) is 5.75 Å². The van der Waals surface area contributed by atoms with Crippen LogP contribution in [0.15, 0.2) is 47.8 Å². The summed E-state index contributed by atoms with van der Waals surface area (Å²) >= 11 is 0. The minimum Gasteiger partial charge on any atom is -0.496 e. The highest BCUT2D eigenvalue weighted by molar-refractivity contribution is 5.96. The van der Waals surface area contributed by atoms with E-state index in [1.165, 1.54) is 11.1 Å². The third kappa shape index (κ3) is 2.98. The van der Waals surface area contributed by atoms with Gasteiger partial charge in [-0.3, -0.25) is 9.78 Å². The summed E-state index contributed by atoms with van der Waals surface area (Å²) in [6.07, 6.45) is 5.62. The summed E-state index contributed by atoms with van der Waals surface area (Å²) in [5.41, 5.74) is 6.60. The molecule has 1 aromatic heterocycles. The monoisotopic (exact) mass is 295 g/mol. The summed E-state index contributed by atoms with van der Waals surface area (Å²) in [7, 11) is 1.69. The normalized spacial score (nSPS) is 15.2. The second-order valence-corrected chi connectivity index (χ2v) is 5.13. The number of hydrazone groups is 1. The first-order valence-electron chi connectivity index (χ1n) is 7.18. The van der Waals surface area contributed by atoms with Gasteiger partial charge in [0.05, 0.1) is 7.11 Å². The number of hydrogen-bond acceptors (Lipinski definition) is 4. The van der Waals surface area contributed by atoms with Crippen molar-refractivity contribution in [3.63, 3.8) is 0 Å². The van der Waals surface area contributed by atoms with Crippen molar-refractivity contribution in [1.82, 2.24) is 10.4 Å². The molecule has 2 aromatic rings. The first-order valence-corrected chi connectivity index (χ1v) is 7.18. The maximum Gasteiger partial charge on any atom is 0.271 e. The molecule has 1 N–H and O–H groups in total. The van der Waals surface area contributed by atoms with Gasteiger partial charge in [0.2, 0.25) is 0 Å². The molecule has 0 aliphatic heterocycles. The van der Waals surface area contributed by atoms with E-state index in [4.69, 9.17) is 4.74 Å². The minimum atomic E-state index is -0.216. The van der Waals surface area contributed by atoms with Crippen molar-refractivity contribution in [2.24, 2.45) is 5.10 Å². The van der Waals surface area contributed by atoms with Gasteiger partial charge in [0.25, 0.3) is 5.91 Å². The van der Waals surface area contributed by atoms with Gasteiger partial charge in [0.15, 0.2) is 0 Å². The van der Waals surface area contributed by atoms with Crippen molar-refractivity contribution in [2.45, 2.75) is 19.3 Å². The Morgan fingerprint density at radius 2 is 2.05 bits per heavy atom. The van der Waals surface area contributed by atoms with E-state index in [0.29, 0.717) is 5.56 Å². The predicted octanol–water partition coefficient (Wildman–Crippen LogP) is 2.36. The number of pyridine rings is 1. The summed E-state index contributed by atoms with van der Waals surface area (Å²) in [5, 5.41) is 4.27. The molecule has 5 nitrogen and oxygen atoms in total. The molecule has 5 heteroatoms. The van der Waals surface area contributed by atoms with E-state index in [-0.39, 0.29) is 5.91 Å². The Morgan fingerprint density at radius 1 is 1.23 bits per heavy atom. The molecule has 3 rings (SSSR count). The Hall–Kier alpha value is -2.69. The van der Waals surface area contributed by atoms with Crippen LogP contribution >= 0.6 is 0 Å². The fraction of sp³-hybridized carbons (Fsp3) is 0.235. The average Bonchev–Trinajstić information content (AvgIpc) is 2.59. The second kappa shape index (κ2) is 6.39. The van der Waals surface area contributed by atoms with Gasteiger partial charge in [0, 0.05) is 30.1 Å². The van der Waals surface area contributed by atoms with Crippen LogP contribution in [-0.2, 0) is 12.8 Å². The lowest BCUT2D eigenvalue weighted by Gasteiger charge is -2.19. The van der Waals surface area contributed by atoms with Crippen molar-refractivity contribution in [1.29, 1.82) is 0 Å². The van der Waals surface area contributed by atoms with Crippen LogP contribution in [0.25, 0.3) is 0 Å². The van der Waals surface area contributed by atoms with Crippen LogP contribution in [0.1, 0.15) is 27.9 Å². The zero-order valence-electron chi connectivity index (χ0n) is 12.4. The Balaban J connectivity index is 1.71. The second-order valence-electron chi connectivity index (χ2n) is 5.13. The van der Waals surface area contributed by atoms with Gasteiger partial charge >= 0.3 is 0 Å². The Labute approximate surface area is 129 Å². The molecule has 0 atom stereocenters. The van der Waals surface area contributed by atoms with Gasteiger partial charge in [-0.15, -0.1) is 0 Å². The SMILES string of the molecule is COc1cccc2c1CC/C(=N/NC(=O)c1ccncc1)C2.